The van der Waals surface area contributed by atoms with E-state index in [1.54, 1.807) is 0 Å². The summed E-state index contributed by atoms with van der Waals surface area (Å²) >= 11 is 0. The molecule has 0 amide bonds. The van der Waals surface area contributed by atoms with Crippen LogP contribution in [0.1, 0.15) is 24.1 Å². The number of hydrogen-bond donors (Lipinski definition) is 1. The van der Waals surface area contributed by atoms with Crippen molar-refractivity contribution < 1.29 is 13.9 Å². The Labute approximate surface area is 152 Å². The molecule has 0 fully saturated rings. The highest BCUT2D eigenvalue weighted by molar-refractivity contribution is 5.45. The summed E-state index contributed by atoms with van der Waals surface area (Å²) in [4.78, 5) is 4.16. The molecule has 0 aliphatic rings. The number of hydrogen-bond acceptors (Lipinski definition) is 6. The van der Waals surface area contributed by atoms with Crippen molar-refractivity contribution in [3.63, 3.8) is 0 Å². The molecule has 0 saturated carbocycles. The van der Waals surface area contributed by atoms with Crippen LogP contribution < -0.4 is 14.8 Å². The van der Waals surface area contributed by atoms with Crippen LogP contribution in [0.4, 0.5) is 5.88 Å². The molecule has 1 heterocycles. The summed E-state index contributed by atoms with van der Waals surface area (Å²) in [7, 11) is 0. The summed E-state index contributed by atoms with van der Waals surface area (Å²) < 4.78 is 16.7. The quantitative estimate of drug-likeness (QED) is 0.658. The summed E-state index contributed by atoms with van der Waals surface area (Å²) in [5.74, 6) is 2.15. The molecule has 1 N–H and O–H groups in total. The van der Waals surface area contributed by atoms with Crippen LogP contribution in [0.25, 0.3) is 0 Å². The fraction of sp³-hybridized carbons (Fsp3) is 0.200. The van der Waals surface area contributed by atoms with Crippen LogP contribution in [0.15, 0.2) is 59.0 Å². The predicted molar refractivity (Wildman–Crippen MR) is 96.9 cm³/mol. The van der Waals surface area contributed by atoms with Gasteiger partial charge in [0.1, 0.15) is 17.6 Å². The van der Waals surface area contributed by atoms with Gasteiger partial charge in [-0.2, -0.15) is 10.2 Å². The maximum absolute atomic E-state index is 9.23. The largest absolute Gasteiger partial charge is 0.494 e. The predicted octanol–water partition coefficient (Wildman–Crippen LogP) is 4.14. The molecule has 0 spiro atoms. The number of nitriles is 1. The third-order valence-electron chi connectivity index (χ3n) is 3.57. The highest BCUT2D eigenvalue weighted by Gasteiger charge is 2.13. The van der Waals surface area contributed by atoms with Gasteiger partial charge in [0.05, 0.1) is 6.61 Å². The average molecular weight is 349 g/mol. The number of benzene rings is 2. The minimum Gasteiger partial charge on any atom is -0.494 e. The second kappa shape index (κ2) is 8.58. The minimum atomic E-state index is 0.135. The van der Waals surface area contributed by atoms with E-state index in [9.17, 15) is 5.26 Å². The Morgan fingerprint density at radius 3 is 2.38 bits per heavy atom. The second-order valence-corrected chi connectivity index (χ2v) is 5.43. The first-order valence-corrected chi connectivity index (χ1v) is 8.31. The van der Waals surface area contributed by atoms with Crippen LogP contribution in [-0.2, 0) is 13.2 Å². The molecule has 6 nitrogen and oxygen atoms in total. The SMILES string of the molecule is CCOc1ccc(OCc2nc(C#N)c(NCc3ccccc3)o2)cc1. The molecule has 26 heavy (non-hydrogen) atoms. The monoisotopic (exact) mass is 349 g/mol. The molecular formula is C20H19N3O3. The topological polar surface area (TPSA) is 80.3 Å². The molecular weight excluding hydrogens is 330 g/mol. The van der Waals surface area contributed by atoms with Gasteiger partial charge in [0.15, 0.2) is 6.61 Å². The first kappa shape index (κ1) is 17.4. The van der Waals surface area contributed by atoms with Crippen molar-refractivity contribution in [2.24, 2.45) is 0 Å². The lowest BCUT2D eigenvalue weighted by Gasteiger charge is -2.06. The van der Waals surface area contributed by atoms with Crippen molar-refractivity contribution in [3.05, 3.63) is 71.7 Å². The molecule has 3 aromatic rings. The van der Waals surface area contributed by atoms with Gasteiger partial charge in [0.2, 0.25) is 17.5 Å². The maximum Gasteiger partial charge on any atom is 0.236 e. The molecule has 0 aliphatic carbocycles. The average Bonchev–Trinajstić information content (AvgIpc) is 3.09. The van der Waals surface area contributed by atoms with Gasteiger partial charge in [-0.3, -0.25) is 0 Å². The molecule has 3 rings (SSSR count). The van der Waals surface area contributed by atoms with Crippen LogP contribution in [-0.4, -0.2) is 11.6 Å². The lowest BCUT2D eigenvalue weighted by molar-refractivity contribution is 0.264. The Morgan fingerprint density at radius 1 is 1.04 bits per heavy atom. The number of nitrogens with zero attached hydrogens (tertiary/aromatic N) is 2. The molecule has 132 valence electrons. The standard InChI is InChI=1S/C20H19N3O3/c1-2-24-16-8-10-17(11-9-16)25-14-19-23-18(12-21)20(26-19)22-13-15-6-4-3-5-7-15/h3-11,22H,2,13-14H2,1H3. The van der Waals surface area contributed by atoms with Crippen LogP contribution >= 0.6 is 0 Å². The number of nitrogens with one attached hydrogen (secondary N) is 1. The summed E-state index contributed by atoms with van der Waals surface area (Å²) in [5, 5.41) is 12.3. The molecule has 0 unspecified atom stereocenters. The smallest absolute Gasteiger partial charge is 0.236 e. The third-order valence-corrected chi connectivity index (χ3v) is 3.57. The molecule has 0 aliphatic heterocycles. The Kier molecular flexibility index (Phi) is 5.73. The third kappa shape index (κ3) is 4.54. The zero-order valence-corrected chi connectivity index (χ0v) is 14.4. The number of aromatic nitrogens is 1. The minimum absolute atomic E-state index is 0.135. The summed E-state index contributed by atoms with van der Waals surface area (Å²) in [5.41, 5.74) is 1.30. The molecule has 0 saturated heterocycles. The van der Waals surface area contributed by atoms with Crippen LogP contribution in [0.3, 0.4) is 0 Å². The fourth-order valence-electron chi connectivity index (χ4n) is 2.34. The van der Waals surface area contributed by atoms with Crippen molar-refractivity contribution in [1.29, 1.82) is 5.26 Å². The van der Waals surface area contributed by atoms with Crippen molar-refractivity contribution in [1.82, 2.24) is 4.98 Å². The summed E-state index contributed by atoms with van der Waals surface area (Å²) in [6.45, 7) is 3.23. The van der Waals surface area contributed by atoms with Gasteiger partial charge >= 0.3 is 0 Å². The van der Waals surface area contributed by atoms with Crippen molar-refractivity contribution in [2.45, 2.75) is 20.1 Å². The van der Waals surface area contributed by atoms with Gasteiger partial charge in [-0.1, -0.05) is 30.3 Å². The van der Waals surface area contributed by atoms with E-state index in [1.807, 2.05) is 67.6 Å². The van der Waals surface area contributed by atoms with Crippen molar-refractivity contribution >= 4 is 5.88 Å². The Bertz CT molecular complexity index is 868. The molecule has 0 atom stereocenters. The zero-order chi connectivity index (χ0) is 18.2. The molecule has 2 aromatic carbocycles. The van der Waals surface area contributed by atoms with E-state index in [-0.39, 0.29) is 12.3 Å². The second-order valence-electron chi connectivity index (χ2n) is 5.43. The van der Waals surface area contributed by atoms with Gasteiger partial charge in [0, 0.05) is 6.54 Å². The Morgan fingerprint density at radius 2 is 1.73 bits per heavy atom. The maximum atomic E-state index is 9.23. The van der Waals surface area contributed by atoms with Gasteiger partial charge < -0.3 is 19.2 Å². The Balaban J connectivity index is 1.60. The Hall–Kier alpha value is -3.46. The summed E-state index contributed by atoms with van der Waals surface area (Å²) in [6, 6.07) is 19.2. The van der Waals surface area contributed by atoms with Crippen LogP contribution in [0, 0.1) is 11.3 Å². The van der Waals surface area contributed by atoms with E-state index < -0.39 is 0 Å². The van der Waals surface area contributed by atoms with Gasteiger partial charge in [0.25, 0.3) is 0 Å². The molecule has 0 radical (unpaired) electrons. The van der Waals surface area contributed by atoms with Gasteiger partial charge in [-0.15, -0.1) is 0 Å². The number of oxazole rings is 1. The van der Waals surface area contributed by atoms with E-state index in [1.165, 1.54) is 0 Å². The summed E-state index contributed by atoms with van der Waals surface area (Å²) in [6.07, 6.45) is 0. The zero-order valence-electron chi connectivity index (χ0n) is 14.4. The first-order chi connectivity index (χ1) is 12.8. The van der Waals surface area contributed by atoms with E-state index in [2.05, 4.69) is 10.3 Å². The number of rotatable bonds is 8. The number of ether oxygens (including phenoxy) is 2. The lowest BCUT2D eigenvalue weighted by Crippen LogP contribution is -1.99. The van der Waals surface area contributed by atoms with E-state index in [0.29, 0.717) is 30.7 Å². The molecule has 1 aromatic heterocycles. The van der Waals surface area contributed by atoms with E-state index in [4.69, 9.17) is 13.9 Å². The highest BCUT2D eigenvalue weighted by Crippen LogP contribution is 2.21. The number of anilines is 1. The van der Waals surface area contributed by atoms with Crippen LogP contribution in [0.5, 0.6) is 11.5 Å². The lowest BCUT2D eigenvalue weighted by atomic mass is 10.2. The van der Waals surface area contributed by atoms with Gasteiger partial charge in [-0.25, -0.2) is 0 Å². The van der Waals surface area contributed by atoms with E-state index in [0.717, 1.165) is 11.3 Å². The normalized spacial score (nSPS) is 10.2. The first-order valence-electron chi connectivity index (χ1n) is 8.31. The van der Waals surface area contributed by atoms with Crippen molar-refractivity contribution in [3.8, 4) is 17.6 Å². The van der Waals surface area contributed by atoms with E-state index >= 15 is 0 Å². The van der Waals surface area contributed by atoms with Crippen molar-refractivity contribution in [2.75, 3.05) is 11.9 Å². The molecule has 0 bridgehead atoms. The van der Waals surface area contributed by atoms with Crippen LogP contribution in [0.2, 0.25) is 0 Å². The highest BCUT2D eigenvalue weighted by atomic mass is 16.5. The fourth-order valence-corrected chi connectivity index (χ4v) is 2.34. The van der Waals surface area contributed by atoms with Gasteiger partial charge in [-0.05, 0) is 36.8 Å². The molecule has 6 heteroatoms.